The minimum absolute atomic E-state index is 1.18. The van der Waals surface area contributed by atoms with Crippen molar-refractivity contribution >= 4 is 0 Å². The lowest BCUT2D eigenvalue weighted by Crippen LogP contribution is -1.98. The van der Waals surface area contributed by atoms with E-state index in [-0.39, 0.29) is 0 Å². The number of rotatable bonds is 7. The fourth-order valence-corrected chi connectivity index (χ4v) is 2.58. The number of aromatic nitrogens is 1. The lowest BCUT2D eigenvalue weighted by molar-refractivity contribution is 0.760. The standard InChI is InChI=1S/C19H27N/c1-4-6-8-17-14-19(9-7-5-2)20(15-17)18-12-10-16(3)11-13-18/h10-15H,4-9H2,1-3H3. The van der Waals surface area contributed by atoms with Gasteiger partial charge in [0.2, 0.25) is 0 Å². The van der Waals surface area contributed by atoms with E-state index in [2.05, 4.69) is 61.9 Å². The molecule has 0 aliphatic heterocycles. The van der Waals surface area contributed by atoms with Gasteiger partial charge in [-0.05, 0) is 56.4 Å². The Morgan fingerprint density at radius 2 is 1.55 bits per heavy atom. The maximum atomic E-state index is 2.41. The van der Waals surface area contributed by atoms with Crippen molar-refractivity contribution in [3.05, 3.63) is 53.3 Å². The Kier molecular flexibility index (Phi) is 5.46. The second-order valence-corrected chi connectivity index (χ2v) is 5.75. The molecule has 0 bridgehead atoms. The molecule has 0 saturated heterocycles. The van der Waals surface area contributed by atoms with Crippen molar-refractivity contribution in [1.82, 2.24) is 4.57 Å². The SMILES string of the molecule is CCCCc1cc(CCCC)n(-c2ccc(C)cc2)c1. The highest BCUT2D eigenvalue weighted by Crippen LogP contribution is 2.20. The van der Waals surface area contributed by atoms with Gasteiger partial charge >= 0.3 is 0 Å². The zero-order valence-electron chi connectivity index (χ0n) is 13.2. The van der Waals surface area contributed by atoms with Gasteiger partial charge in [0.1, 0.15) is 0 Å². The number of hydrogen-bond donors (Lipinski definition) is 0. The van der Waals surface area contributed by atoms with Crippen molar-refractivity contribution in [1.29, 1.82) is 0 Å². The number of aryl methyl sites for hydroxylation is 3. The Morgan fingerprint density at radius 1 is 0.900 bits per heavy atom. The Bertz CT molecular complexity index is 519. The highest BCUT2D eigenvalue weighted by molar-refractivity contribution is 5.39. The molecule has 0 saturated carbocycles. The summed E-state index contributed by atoms with van der Waals surface area (Å²) in [7, 11) is 0. The van der Waals surface area contributed by atoms with E-state index in [4.69, 9.17) is 0 Å². The molecule has 0 atom stereocenters. The summed E-state index contributed by atoms with van der Waals surface area (Å²) in [6, 6.07) is 11.3. The molecular weight excluding hydrogens is 242 g/mol. The molecule has 0 unspecified atom stereocenters. The Hall–Kier alpha value is -1.50. The van der Waals surface area contributed by atoms with Gasteiger partial charge < -0.3 is 4.57 Å². The van der Waals surface area contributed by atoms with E-state index in [1.54, 1.807) is 0 Å². The first-order valence-corrected chi connectivity index (χ1v) is 8.01. The molecule has 0 fully saturated rings. The third-order valence-electron chi connectivity index (χ3n) is 3.87. The quantitative estimate of drug-likeness (QED) is 0.628. The molecule has 0 spiro atoms. The highest BCUT2D eigenvalue weighted by atomic mass is 15.0. The molecule has 20 heavy (non-hydrogen) atoms. The van der Waals surface area contributed by atoms with Gasteiger partial charge in [0, 0.05) is 17.6 Å². The molecule has 0 N–H and O–H groups in total. The van der Waals surface area contributed by atoms with E-state index >= 15 is 0 Å². The van der Waals surface area contributed by atoms with Crippen LogP contribution in [0.5, 0.6) is 0 Å². The summed E-state index contributed by atoms with van der Waals surface area (Å²) in [5.74, 6) is 0. The normalized spacial score (nSPS) is 10.9. The summed E-state index contributed by atoms with van der Waals surface area (Å²) in [5.41, 5.74) is 5.56. The molecule has 1 aromatic carbocycles. The smallest absolute Gasteiger partial charge is 0.0452 e. The molecule has 0 amide bonds. The van der Waals surface area contributed by atoms with Crippen molar-refractivity contribution in [3.63, 3.8) is 0 Å². The first kappa shape index (κ1) is 14.9. The molecule has 1 heterocycles. The van der Waals surface area contributed by atoms with Crippen LogP contribution in [0.25, 0.3) is 5.69 Å². The Balaban J connectivity index is 2.27. The van der Waals surface area contributed by atoms with Crippen molar-refractivity contribution in [2.75, 3.05) is 0 Å². The summed E-state index contributed by atoms with van der Waals surface area (Å²) in [4.78, 5) is 0. The van der Waals surface area contributed by atoms with Crippen LogP contribution in [0.2, 0.25) is 0 Å². The van der Waals surface area contributed by atoms with Crippen molar-refractivity contribution in [2.45, 2.75) is 59.3 Å². The van der Waals surface area contributed by atoms with Gasteiger partial charge in [0.05, 0.1) is 0 Å². The maximum Gasteiger partial charge on any atom is 0.0452 e. The maximum absolute atomic E-state index is 2.41. The van der Waals surface area contributed by atoms with E-state index < -0.39 is 0 Å². The number of benzene rings is 1. The zero-order valence-corrected chi connectivity index (χ0v) is 13.2. The van der Waals surface area contributed by atoms with Crippen molar-refractivity contribution in [2.24, 2.45) is 0 Å². The predicted octanol–water partition coefficient (Wildman–Crippen LogP) is 5.47. The Labute approximate surface area is 123 Å². The summed E-state index contributed by atoms with van der Waals surface area (Å²) in [6.45, 7) is 6.66. The van der Waals surface area contributed by atoms with Crippen LogP contribution >= 0.6 is 0 Å². The van der Waals surface area contributed by atoms with Gasteiger partial charge in [0.15, 0.2) is 0 Å². The first-order chi connectivity index (χ1) is 9.74. The molecule has 0 aliphatic rings. The highest BCUT2D eigenvalue weighted by Gasteiger charge is 2.07. The average Bonchev–Trinajstić information content (AvgIpc) is 2.87. The molecule has 1 aromatic heterocycles. The van der Waals surface area contributed by atoms with Gasteiger partial charge in [0.25, 0.3) is 0 Å². The first-order valence-electron chi connectivity index (χ1n) is 8.01. The van der Waals surface area contributed by atoms with Crippen LogP contribution in [0.15, 0.2) is 36.5 Å². The lowest BCUT2D eigenvalue weighted by atomic mass is 10.1. The Morgan fingerprint density at radius 3 is 2.20 bits per heavy atom. The molecule has 2 rings (SSSR count). The fraction of sp³-hybridized carbons (Fsp3) is 0.474. The monoisotopic (exact) mass is 269 g/mol. The summed E-state index contributed by atoms with van der Waals surface area (Å²) < 4.78 is 2.39. The van der Waals surface area contributed by atoms with Crippen LogP contribution in [-0.2, 0) is 12.8 Å². The van der Waals surface area contributed by atoms with Crippen LogP contribution in [-0.4, -0.2) is 4.57 Å². The van der Waals surface area contributed by atoms with E-state index in [1.165, 1.54) is 61.0 Å². The van der Waals surface area contributed by atoms with Gasteiger partial charge in [-0.1, -0.05) is 44.4 Å². The molecule has 1 nitrogen and oxygen atoms in total. The van der Waals surface area contributed by atoms with Crippen molar-refractivity contribution in [3.8, 4) is 5.69 Å². The molecule has 2 aromatic rings. The van der Waals surface area contributed by atoms with Crippen LogP contribution in [0.3, 0.4) is 0 Å². The number of nitrogens with zero attached hydrogens (tertiary/aromatic N) is 1. The lowest BCUT2D eigenvalue weighted by Gasteiger charge is -2.09. The second-order valence-electron chi connectivity index (χ2n) is 5.75. The summed E-state index contributed by atoms with van der Waals surface area (Å²) >= 11 is 0. The topological polar surface area (TPSA) is 4.93 Å². The van der Waals surface area contributed by atoms with Gasteiger partial charge in [-0.15, -0.1) is 0 Å². The van der Waals surface area contributed by atoms with Crippen molar-refractivity contribution < 1.29 is 0 Å². The van der Waals surface area contributed by atoms with Crippen LogP contribution < -0.4 is 0 Å². The van der Waals surface area contributed by atoms with Gasteiger partial charge in [-0.3, -0.25) is 0 Å². The van der Waals surface area contributed by atoms with E-state index in [9.17, 15) is 0 Å². The van der Waals surface area contributed by atoms with Crippen LogP contribution in [0.4, 0.5) is 0 Å². The molecular formula is C19H27N. The van der Waals surface area contributed by atoms with Crippen LogP contribution in [0.1, 0.15) is 56.4 Å². The molecule has 108 valence electrons. The summed E-state index contributed by atoms with van der Waals surface area (Å²) in [5, 5.41) is 0. The van der Waals surface area contributed by atoms with E-state index in [0.717, 1.165) is 0 Å². The van der Waals surface area contributed by atoms with E-state index in [1.807, 2.05) is 0 Å². The van der Waals surface area contributed by atoms with Gasteiger partial charge in [-0.2, -0.15) is 0 Å². The minimum Gasteiger partial charge on any atom is -0.321 e. The second kappa shape index (κ2) is 7.33. The predicted molar refractivity (Wildman–Crippen MR) is 87.7 cm³/mol. The fourth-order valence-electron chi connectivity index (χ4n) is 2.58. The van der Waals surface area contributed by atoms with Gasteiger partial charge in [-0.25, -0.2) is 0 Å². The molecule has 1 heteroatoms. The summed E-state index contributed by atoms with van der Waals surface area (Å²) in [6.07, 6.45) is 9.79. The van der Waals surface area contributed by atoms with E-state index in [0.29, 0.717) is 0 Å². The number of unbranched alkanes of at least 4 members (excludes halogenated alkanes) is 2. The third-order valence-corrected chi connectivity index (χ3v) is 3.87. The molecule has 0 radical (unpaired) electrons. The van der Waals surface area contributed by atoms with Crippen LogP contribution in [0, 0.1) is 6.92 Å². The molecule has 0 aliphatic carbocycles. The zero-order chi connectivity index (χ0) is 14.4. The largest absolute Gasteiger partial charge is 0.321 e. The minimum atomic E-state index is 1.18. The number of hydrogen-bond acceptors (Lipinski definition) is 0. The average molecular weight is 269 g/mol. The third kappa shape index (κ3) is 3.75.